The number of carboxylic acids is 1. The summed E-state index contributed by atoms with van der Waals surface area (Å²) in [6.45, 7) is 0. The summed E-state index contributed by atoms with van der Waals surface area (Å²) in [7, 11) is 2.03. The molecule has 29 heavy (non-hydrogen) atoms. The zero-order valence-electron chi connectivity index (χ0n) is 15.4. The quantitative estimate of drug-likeness (QED) is 0.299. The second-order valence-corrected chi connectivity index (χ2v) is 7.08. The third kappa shape index (κ3) is 4.43. The smallest absolute Gasteiger partial charge is 0.365 e. The van der Waals surface area contributed by atoms with E-state index in [1.54, 1.807) is 6.07 Å². The minimum atomic E-state index is -0.962. The van der Waals surface area contributed by atoms with Gasteiger partial charge in [-0.25, -0.2) is 9.78 Å². The number of aromatic nitrogens is 3. The van der Waals surface area contributed by atoms with Crippen LogP contribution in [0.5, 0.6) is 0 Å². The van der Waals surface area contributed by atoms with Crippen molar-refractivity contribution >= 4 is 38.6 Å². The maximum atomic E-state index is 10.5. The molecule has 0 bridgehead atoms. The molecule has 0 amide bonds. The van der Waals surface area contributed by atoms with Gasteiger partial charge in [-0.15, -0.1) is 47.2 Å². The summed E-state index contributed by atoms with van der Waals surface area (Å²) < 4.78 is 3.01. The summed E-state index contributed by atoms with van der Waals surface area (Å²) >= 11 is 1.19. The van der Waals surface area contributed by atoms with Crippen LogP contribution in [0.1, 0.15) is 9.80 Å². The van der Waals surface area contributed by atoms with E-state index in [0.717, 1.165) is 32.6 Å². The molecule has 0 spiro atoms. The average Bonchev–Trinajstić information content (AvgIpc) is 3.31. The normalized spacial score (nSPS) is 10.2. The Morgan fingerprint density at radius 2 is 1.66 bits per heavy atom. The molecule has 1 radical (unpaired) electrons. The van der Waals surface area contributed by atoms with Gasteiger partial charge in [-0.2, -0.15) is 0 Å². The van der Waals surface area contributed by atoms with Crippen LogP contribution in [0.4, 0.5) is 0 Å². The van der Waals surface area contributed by atoms with Crippen LogP contribution < -0.4 is 0 Å². The number of para-hydroxylation sites is 3. The van der Waals surface area contributed by atoms with Gasteiger partial charge < -0.3 is 9.67 Å². The minimum Gasteiger partial charge on any atom is -0.476 e. The average molecular weight is 579 g/mol. The first-order valence-electron chi connectivity index (χ1n) is 8.61. The predicted octanol–water partition coefficient (Wildman–Crippen LogP) is 5.03. The SMILES string of the molecule is Cn1c(-c2[c-]cccc2)nc2ccccc21.O=C(O)c1nc2ccccc2s1.[Ir]. The van der Waals surface area contributed by atoms with Gasteiger partial charge >= 0.3 is 5.97 Å². The zero-order chi connectivity index (χ0) is 19.5. The topological polar surface area (TPSA) is 68.0 Å². The number of rotatable bonds is 2. The Labute approximate surface area is 185 Å². The van der Waals surface area contributed by atoms with Gasteiger partial charge in [0, 0.05) is 27.2 Å². The fourth-order valence-corrected chi connectivity index (χ4v) is 3.69. The first-order chi connectivity index (χ1) is 13.6. The van der Waals surface area contributed by atoms with E-state index in [-0.39, 0.29) is 25.1 Å². The summed E-state index contributed by atoms with van der Waals surface area (Å²) in [4.78, 5) is 19.1. The Kier molecular flexibility index (Phi) is 6.54. The summed E-state index contributed by atoms with van der Waals surface area (Å²) in [6, 6.07) is 26.6. The number of hydrogen-bond donors (Lipinski definition) is 1. The third-order valence-corrected chi connectivity index (χ3v) is 5.24. The molecule has 0 saturated carbocycles. The number of carbonyl (C=O) groups is 1. The number of aromatic carboxylic acids is 1. The van der Waals surface area contributed by atoms with Crippen molar-refractivity contribution < 1.29 is 30.0 Å². The molecule has 0 aliphatic rings. The second-order valence-electron chi connectivity index (χ2n) is 6.05. The van der Waals surface area contributed by atoms with Gasteiger partial charge in [0.2, 0.25) is 5.01 Å². The monoisotopic (exact) mass is 579 g/mol. The molecule has 0 atom stereocenters. The van der Waals surface area contributed by atoms with Crippen molar-refractivity contribution in [1.29, 1.82) is 0 Å². The van der Waals surface area contributed by atoms with Crippen molar-refractivity contribution in [3.8, 4) is 11.4 Å². The molecule has 2 aromatic heterocycles. The maximum Gasteiger partial charge on any atom is 0.365 e. The minimum absolute atomic E-state index is 0. The molecule has 2 heterocycles. The number of aryl methyl sites for hydroxylation is 1. The zero-order valence-corrected chi connectivity index (χ0v) is 18.6. The van der Waals surface area contributed by atoms with Crippen molar-refractivity contribution in [2.45, 2.75) is 0 Å². The molecule has 1 N–H and O–H groups in total. The molecule has 7 heteroatoms. The molecule has 0 aliphatic heterocycles. The van der Waals surface area contributed by atoms with Crippen LogP contribution in [0.2, 0.25) is 0 Å². The summed E-state index contributed by atoms with van der Waals surface area (Å²) in [5.41, 5.74) is 3.95. The van der Waals surface area contributed by atoms with Gasteiger partial charge in [0.15, 0.2) is 0 Å². The number of hydrogen-bond acceptors (Lipinski definition) is 4. The van der Waals surface area contributed by atoms with Crippen molar-refractivity contribution in [3.05, 3.63) is 83.9 Å². The van der Waals surface area contributed by atoms with E-state index >= 15 is 0 Å². The largest absolute Gasteiger partial charge is 0.476 e. The van der Waals surface area contributed by atoms with E-state index in [4.69, 9.17) is 5.11 Å². The van der Waals surface area contributed by atoms with Crippen LogP contribution in [0.25, 0.3) is 32.6 Å². The maximum absolute atomic E-state index is 10.5. The molecule has 0 unspecified atom stereocenters. The summed E-state index contributed by atoms with van der Waals surface area (Å²) in [5.74, 6) is -0.00185. The van der Waals surface area contributed by atoms with Crippen LogP contribution in [0, 0.1) is 6.07 Å². The Bertz CT molecular complexity index is 1230. The molecule has 5 rings (SSSR count). The van der Waals surface area contributed by atoms with E-state index < -0.39 is 5.97 Å². The molecule has 3 aromatic carbocycles. The summed E-state index contributed by atoms with van der Waals surface area (Å²) in [5, 5.41) is 8.78. The van der Waals surface area contributed by atoms with Crippen LogP contribution in [0.3, 0.4) is 0 Å². The van der Waals surface area contributed by atoms with Gasteiger partial charge in [-0.1, -0.05) is 24.3 Å². The predicted molar refractivity (Wildman–Crippen MR) is 112 cm³/mol. The van der Waals surface area contributed by atoms with Crippen molar-refractivity contribution in [3.63, 3.8) is 0 Å². The Morgan fingerprint density at radius 1 is 0.966 bits per heavy atom. The number of imidazole rings is 1. The van der Waals surface area contributed by atoms with Gasteiger partial charge in [0.1, 0.15) is 0 Å². The van der Waals surface area contributed by atoms with Crippen molar-refractivity contribution in [2.24, 2.45) is 7.05 Å². The van der Waals surface area contributed by atoms with Gasteiger partial charge in [-0.3, -0.25) is 4.98 Å². The molecule has 5 aromatic rings. The van der Waals surface area contributed by atoms with E-state index in [1.807, 2.05) is 67.7 Å². The van der Waals surface area contributed by atoms with E-state index in [2.05, 4.69) is 26.7 Å². The molecule has 0 saturated heterocycles. The van der Waals surface area contributed by atoms with Gasteiger partial charge in [-0.05, 0) is 24.3 Å². The first kappa shape index (κ1) is 20.9. The van der Waals surface area contributed by atoms with Gasteiger partial charge in [0.25, 0.3) is 0 Å². The molecule has 0 aliphatic carbocycles. The Morgan fingerprint density at radius 3 is 2.31 bits per heavy atom. The summed E-state index contributed by atoms with van der Waals surface area (Å²) in [6.07, 6.45) is 0. The number of benzene rings is 3. The van der Waals surface area contributed by atoms with Crippen molar-refractivity contribution in [2.75, 3.05) is 0 Å². The van der Waals surface area contributed by atoms with Crippen molar-refractivity contribution in [1.82, 2.24) is 14.5 Å². The van der Waals surface area contributed by atoms with Crippen LogP contribution in [-0.4, -0.2) is 25.6 Å². The molecular formula is C22H16IrN3O2S-. The molecule has 0 fully saturated rings. The number of nitrogens with zero attached hydrogens (tertiary/aromatic N) is 3. The number of thiazole rings is 1. The first-order valence-corrected chi connectivity index (χ1v) is 9.42. The molecule has 5 nitrogen and oxygen atoms in total. The third-order valence-electron chi connectivity index (χ3n) is 4.21. The number of carboxylic acid groups (broad SMARTS) is 1. The molecular weight excluding hydrogens is 563 g/mol. The van der Waals surface area contributed by atoms with E-state index in [0.29, 0.717) is 0 Å². The fourth-order valence-electron chi connectivity index (χ4n) is 2.88. The molecule has 147 valence electrons. The Hall–Kier alpha value is -2.86. The van der Waals surface area contributed by atoms with E-state index in [9.17, 15) is 4.79 Å². The van der Waals surface area contributed by atoms with Gasteiger partial charge in [0.05, 0.1) is 27.1 Å². The second kappa shape index (κ2) is 9.09. The standard InChI is InChI=1S/C14H11N2.C8H5NO2S.Ir/c1-16-13-10-6-5-9-12(13)15-14(16)11-7-3-2-4-8-11;10-8(11)7-9-5-3-1-2-4-6(5)12-7;/h2-7,9-10H,1H3;1-4H,(H,10,11);/q-1;;. The fraction of sp³-hybridized carbons (Fsp3) is 0.0455. The van der Waals surface area contributed by atoms with E-state index in [1.165, 1.54) is 11.3 Å². The van der Waals surface area contributed by atoms with Crippen LogP contribution >= 0.6 is 11.3 Å². The number of fused-ring (bicyclic) bond motifs is 2. The Balaban J connectivity index is 0.000000167. The van der Waals surface area contributed by atoms with Crippen LogP contribution in [-0.2, 0) is 27.2 Å². The van der Waals surface area contributed by atoms with Crippen LogP contribution in [0.15, 0.2) is 72.8 Å².